The van der Waals surface area contributed by atoms with Crippen LogP contribution < -0.4 is 0 Å². The summed E-state index contributed by atoms with van der Waals surface area (Å²) in [4.78, 5) is 0. The predicted octanol–water partition coefficient (Wildman–Crippen LogP) is 9.87. The van der Waals surface area contributed by atoms with Gasteiger partial charge in [-0.2, -0.15) is 0 Å². The molecule has 334 valence electrons. The van der Waals surface area contributed by atoms with Crippen LogP contribution in [-0.2, 0) is 49.6 Å². The molecule has 0 spiro atoms. The molecule has 2 aliphatic rings. The van der Waals surface area contributed by atoms with Crippen molar-refractivity contribution in [3.8, 4) is 0 Å². The molecular formula is C37H88O11Si8. The lowest BCUT2D eigenvalue weighted by molar-refractivity contribution is -0.329. The van der Waals surface area contributed by atoms with Crippen molar-refractivity contribution in [2.45, 2.75) is 225 Å². The van der Waals surface area contributed by atoms with Crippen molar-refractivity contribution in [3.05, 3.63) is 0 Å². The molecular weight excluding hydrogens is 845 g/mol. The quantitative estimate of drug-likeness (QED) is 0.109. The maximum absolute atomic E-state index is 7.21. The Labute approximate surface area is 352 Å². The van der Waals surface area contributed by atoms with Gasteiger partial charge in [-0.3, -0.25) is 0 Å². The highest BCUT2D eigenvalue weighted by atomic mass is 28.4. The van der Waals surface area contributed by atoms with Crippen molar-refractivity contribution >= 4 is 66.5 Å². The molecule has 11 nitrogen and oxygen atoms in total. The zero-order valence-electron chi connectivity index (χ0n) is 40.6. The molecule has 0 aromatic heterocycles. The van der Waals surface area contributed by atoms with E-state index in [4.69, 9.17) is 49.6 Å². The van der Waals surface area contributed by atoms with Crippen LogP contribution in [0.15, 0.2) is 0 Å². The van der Waals surface area contributed by atoms with Gasteiger partial charge in [0.25, 0.3) is 0 Å². The summed E-state index contributed by atoms with van der Waals surface area (Å²) < 4.78 is 77.4. The van der Waals surface area contributed by atoms with Gasteiger partial charge < -0.3 is 49.6 Å². The van der Waals surface area contributed by atoms with Crippen molar-refractivity contribution in [1.82, 2.24) is 0 Å². The van der Waals surface area contributed by atoms with Crippen molar-refractivity contribution < 1.29 is 49.6 Å². The summed E-state index contributed by atoms with van der Waals surface area (Å²) in [5.74, 6) is 0. The molecule has 0 aromatic rings. The lowest BCUT2D eigenvalue weighted by atomic mass is 9.88. The maximum Gasteiger partial charge on any atom is 0.187 e. The summed E-state index contributed by atoms with van der Waals surface area (Å²) in [6.07, 6.45) is -4.76. The molecule has 19 heteroatoms. The van der Waals surface area contributed by atoms with Gasteiger partial charge in [-0.05, 0) is 164 Å². The summed E-state index contributed by atoms with van der Waals surface area (Å²) in [5.41, 5.74) is -0.923. The Bertz CT molecular complexity index is 1230. The lowest BCUT2D eigenvalue weighted by Gasteiger charge is -2.57. The van der Waals surface area contributed by atoms with Gasteiger partial charge in [0.05, 0.1) is 13.2 Å². The molecule has 0 aromatic carbocycles. The molecule has 2 saturated heterocycles. The average molecular weight is 934 g/mol. The van der Waals surface area contributed by atoms with Gasteiger partial charge in [-0.25, -0.2) is 0 Å². The topological polar surface area (TPSA) is 102 Å². The highest BCUT2D eigenvalue weighted by Gasteiger charge is 2.60. The first kappa shape index (κ1) is 53.4. The fourth-order valence-corrected chi connectivity index (χ4v) is 15.4. The lowest BCUT2D eigenvalue weighted by Crippen LogP contribution is -2.73. The highest BCUT2D eigenvalue weighted by Crippen LogP contribution is 2.43. The van der Waals surface area contributed by atoms with Crippen molar-refractivity contribution in [1.29, 1.82) is 0 Å². The smallest absolute Gasteiger partial charge is 0.187 e. The normalized spacial score (nSPS) is 32.2. The van der Waals surface area contributed by atoms with E-state index in [9.17, 15) is 0 Å². The second-order valence-corrected chi connectivity index (χ2v) is 59.6. The van der Waals surface area contributed by atoms with E-state index in [0.717, 1.165) is 0 Å². The standard InChI is InChI=1S/C37H88O11Si8/c1-37(48-56(23,24)25)34(46-54(17,18)19)31(43-51(8,9)10)28(41-36(37)47-55(20,21)22)26-38-35-33(45-53(14,15)16)32(44-52(11,12)13)30(42-50(5,6)7)29(40-35)27-39-49(2,3)4/h28-36H,26-27H2,1-25H3/t28-,29-,30+,31-,32+,33-,34+,35+,36+,37-/m1/s1. The van der Waals surface area contributed by atoms with Gasteiger partial charge in [0.1, 0.15) is 48.3 Å². The van der Waals surface area contributed by atoms with E-state index in [0.29, 0.717) is 6.61 Å². The number of hydrogen-bond donors (Lipinski definition) is 0. The first-order valence-corrected chi connectivity index (χ1v) is 48.2. The van der Waals surface area contributed by atoms with Gasteiger partial charge >= 0.3 is 0 Å². The molecule has 0 bridgehead atoms. The van der Waals surface area contributed by atoms with E-state index in [1.54, 1.807) is 0 Å². The largest absolute Gasteiger partial charge is 0.415 e. The van der Waals surface area contributed by atoms with Crippen LogP contribution in [0.4, 0.5) is 0 Å². The molecule has 0 N–H and O–H groups in total. The summed E-state index contributed by atoms with van der Waals surface area (Å²) >= 11 is 0. The van der Waals surface area contributed by atoms with Crippen molar-refractivity contribution in [3.63, 3.8) is 0 Å². The Morgan fingerprint density at radius 1 is 0.393 bits per heavy atom. The van der Waals surface area contributed by atoms with Gasteiger partial charge in [0.15, 0.2) is 79.1 Å². The number of hydrogen-bond acceptors (Lipinski definition) is 11. The Morgan fingerprint density at radius 2 is 0.786 bits per heavy atom. The van der Waals surface area contributed by atoms with Gasteiger partial charge in [0, 0.05) is 0 Å². The summed E-state index contributed by atoms with van der Waals surface area (Å²) in [5, 5.41) is 0. The van der Waals surface area contributed by atoms with Crippen LogP contribution in [0.2, 0.25) is 157 Å². The minimum absolute atomic E-state index is 0.159. The van der Waals surface area contributed by atoms with Crippen LogP contribution >= 0.6 is 0 Å². The van der Waals surface area contributed by atoms with Crippen molar-refractivity contribution in [2.75, 3.05) is 13.2 Å². The van der Waals surface area contributed by atoms with E-state index in [1.165, 1.54) is 0 Å². The first-order valence-electron chi connectivity index (χ1n) is 20.9. The molecule has 10 atom stereocenters. The monoisotopic (exact) mass is 932 g/mol. The first-order chi connectivity index (χ1) is 24.6. The van der Waals surface area contributed by atoms with Crippen LogP contribution in [0.25, 0.3) is 0 Å². The minimum atomic E-state index is -2.18. The van der Waals surface area contributed by atoms with Gasteiger partial charge in [-0.15, -0.1) is 0 Å². The van der Waals surface area contributed by atoms with E-state index >= 15 is 0 Å². The minimum Gasteiger partial charge on any atom is -0.415 e. The average Bonchev–Trinajstić information content (AvgIpc) is 2.88. The van der Waals surface area contributed by atoms with E-state index in [2.05, 4.69) is 164 Å². The Kier molecular flexibility index (Phi) is 18.1. The van der Waals surface area contributed by atoms with Crippen LogP contribution in [0.3, 0.4) is 0 Å². The fraction of sp³-hybridized carbons (Fsp3) is 1.00. The van der Waals surface area contributed by atoms with Gasteiger partial charge in [0.2, 0.25) is 0 Å². The summed E-state index contributed by atoms with van der Waals surface area (Å²) in [7, 11) is -17.0. The summed E-state index contributed by atoms with van der Waals surface area (Å²) in [6.45, 7) is 55.6. The molecule has 2 fully saturated rings. The third-order valence-electron chi connectivity index (χ3n) is 8.12. The Morgan fingerprint density at radius 3 is 1.20 bits per heavy atom. The number of rotatable bonds is 20. The fourth-order valence-electron chi connectivity index (χ4n) is 6.80. The Hall–Kier alpha value is 1.30. The molecule has 0 radical (unpaired) electrons. The van der Waals surface area contributed by atoms with Crippen LogP contribution in [-0.4, -0.2) is 141 Å². The van der Waals surface area contributed by atoms with Gasteiger partial charge in [-0.1, -0.05) is 0 Å². The SMILES string of the molecule is C[C@]1(O[Si](C)(C)C)[C@H](O[Si](C)(C)C)O[C@H](CO[C@H]2O[C@H](CO[Si](C)(C)C)[C@H](O[Si](C)(C)C)[C@H](O[Si](C)(C)C)[C@H]2O[Si](C)(C)C)[C@@H](O[Si](C)(C)C)[C@@H]1O[Si](C)(C)C. The number of ether oxygens (including phenoxy) is 3. The molecule has 56 heavy (non-hydrogen) atoms. The molecule has 2 heterocycles. The Balaban J connectivity index is 2.81. The molecule has 0 saturated carbocycles. The van der Waals surface area contributed by atoms with Crippen LogP contribution in [0.5, 0.6) is 0 Å². The third-order valence-corrected chi connectivity index (χ3v) is 16.0. The molecule has 0 amide bonds. The third kappa shape index (κ3) is 19.1. The molecule has 0 aliphatic carbocycles. The summed E-state index contributed by atoms with van der Waals surface area (Å²) in [6, 6.07) is 0. The zero-order valence-corrected chi connectivity index (χ0v) is 48.6. The zero-order chi connectivity index (χ0) is 43.9. The van der Waals surface area contributed by atoms with Crippen LogP contribution in [0.1, 0.15) is 6.92 Å². The van der Waals surface area contributed by atoms with E-state index < -0.39 is 121 Å². The molecule has 2 aliphatic heterocycles. The molecule has 0 unspecified atom stereocenters. The predicted molar refractivity (Wildman–Crippen MR) is 251 cm³/mol. The van der Waals surface area contributed by atoms with Crippen molar-refractivity contribution in [2.24, 2.45) is 0 Å². The van der Waals surface area contributed by atoms with E-state index in [1.807, 2.05) is 0 Å². The van der Waals surface area contributed by atoms with Crippen LogP contribution in [0, 0.1) is 0 Å². The molecule has 2 rings (SSSR count). The maximum atomic E-state index is 7.21. The van der Waals surface area contributed by atoms with E-state index in [-0.39, 0.29) is 12.7 Å². The highest BCUT2D eigenvalue weighted by molar-refractivity contribution is 6.72. The second-order valence-electron chi connectivity index (χ2n) is 23.9. The second kappa shape index (κ2) is 19.0.